The van der Waals surface area contributed by atoms with Gasteiger partial charge >= 0.3 is 12.1 Å². The molecule has 3 rings (SSSR count). The number of nitrogens with one attached hydrogen (secondary N) is 3. The van der Waals surface area contributed by atoms with E-state index in [1.165, 1.54) is 38.2 Å². The largest absolute Gasteiger partial charge is 0.465 e. The molecule has 3 amide bonds. The minimum Gasteiger partial charge on any atom is -0.465 e. The van der Waals surface area contributed by atoms with E-state index in [-0.39, 0.29) is 36.2 Å². The lowest BCUT2D eigenvalue weighted by Crippen LogP contribution is -2.52. The predicted molar refractivity (Wildman–Crippen MR) is 138 cm³/mol. The summed E-state index contributed by atoms with van der Waals surface area (Å²) in [5.41, 5.74) is 0.329. The zero-order valence-corrected chi connectivity index (χ0v) is 21.9. The van der Waals surface area contributed by atoms with E-state index in [0.29, 0.717) is 24.6 Å². The highest BCUT2D eigenvalue weighted by Crippen LogP contribution is 2.36. The molecule has 4 N–H and O–H groups in total. The molecule has 0 spiro atoms. The van der Waals surface area contributed by atoms with Gasteiger partial charge in [-0.1, -0.05) is 55.8 Å². The van der Waals surface area contributed by atoms with Crippen LogP contribution in [0.4, 0.5) is 14.0 Å². The number of piperidine rings is 1. The number of hydrogen-bond donors (Lipinski definition) is 4. The molecule has 1 aromatic carbocycles. The van der Waals surface area contributed by atoms with Crippen LogP contribution in [-0.2, 0) is 4.74 Å². The van der Waals surface area contributed by atoms with Crippen molar-refractivity contribution in [2.24, 2.45) is 11.8 Å². The smallest absolute Gasteiger partial charge is 0.404 e. The number of rotatable bonds is 11. The molecule has 1 unspecified atom stereocenters. The zero-order valence-electron chi connectivity index (χ0n) is 21.1. The molecule has 0 aromatic heterocycles. The van der Waals surface area contributed by atoms with Gasteiger partial charge < -0.3 is 30.7 Å². The molecule has 0 radical (unpaired) electrons. The maximum Gasteiger partial charge on any atom is 0.404 e. The lowest BCUT2D eigenvalue weighted by molar-refractivity contribution is -0.0104. The van der Waals surface area contributed by atoms with E-state index < -0.39 is 18.0 Å². The number of halogens is 2. The molecule has 10 heteroatoms. The lowest BCUT2D eigenvalue weighted by Gasteiger charge is -2.38. The summed E-state index contributed by atoms with van der Waals surface area (Å²) in [7, 11) is 1.90. The zero-order chi connectivity index (χ0) is 25.9. The molecule has 2 aliphatic rings. The summed E-state index contributed by atoms with van der Waals surface area (Å²) in [6.07, 6.45) is 6.99. The number of nitrogens with zero attached hydrogens (tertiary/aromatic N) is 1. The highest BCUT2D eigenvalue weighted by molar-refractivity contribution is 6.30. The van der Waals surface area contributed by atoms with Gasteiger partial charge in [0.25, 0.3) is 0 Å². The van der Waals surface area contributed by atoms with Crippen LogP contribution in [0.3, 0.4) is 0 Å². The second-order valence-corrected chi connectivity index (χ2v) is 10.4. The fraction of sp³-hybridized carbons (Fsp3) is 0.692. The Labute approximate surface area is 218 Å². The van der Waals surface area contributed by atoms with Crippen LogP contribution in [0, 0.1) is 17.7 Å². The number of hydrogen-bond acceptors (Lipinski definition) is 4. The monoisotopic (exact) mass is 526 g/mol. The van der Waals surface area contributed by atoms with Crippen LogP contribution in [0.2, 0.25) is 5.02 Å². The Bertz CT molecular complexity index is 855. The molecule has 0 bridgehead atoms. The summed E-state index contributed by atoms with van der Waals surface area (Å²) in [5.74, 6) is -0.0450. The van der Waals surface area contributed by atoms with Crippen LogP contribution in [0.5, 0.6) is 0 Å². The Morgan fingerprint density at radius 1 is 1.22 bits per heavy atom. The summed E-state index contributed by atoms with van der Waals surface area (Å²) in [5, 5.41) is 17.5. The van der Waals surface area contributed by atoms with Crippen molar-refractivity contribution in [2.45, 2.75) is 63.5 Å². The summed E-state index contributed by atoms with van der Waals surface area (Å²) in [6.45, 7) is 1.93. The van der Waals surface area contributed by atoms with Crippen molar-refractivity contribution in [3.8, 4) is 0 Å². The molecule has 1 heterocycles. The summed E-state index contributed by atoms with van der Waals surface area (Å²) in [6, 6.07) is 4.76. The first-order valence-corrected chi connectivity index (χ1v) is 13.5. The number of carboxylic acid groups (broad SMARTS) is 1. The van der Waals surface area contributed by atoms with E-state index in [9.17, 15) is 14.0 Å². The van der Waals surface area contributed by atoms with Gasteiger partial charge in [-0.05, 0) is 38.3 Å². The molecular formula is C26H40ClFN4O4. The van der Waals surface area contributed by atoms with E-state index in [1.807, 2.05) is 7.05 Å². The van der Waals surface area contributed by atoms with Gasteiger partial charge in [0.1, 0.15) is 5.82 Å². The van der Waals surface area contributed by atoms with Crippen molar-refractivity contribution >= 4 is 23.7 Å². The van der Waals surface area contributed by atoms with Gasteiger partial charge in [-0.15, -0.1) is 0 Å². The Balaban J connectivity index is 1.66. The van der Waals surface area contributed by atoms with E-state index in [2.05, 4.69) is 16.0 Å². The van der Waals surface area contributed by atoms with Gasteiger partial charge in [0.2, 0.25) is 0 Å². The third kappa shape index (κ3) is 8.49. The molecule has 1 saturated carbocycles. The SMILES string of the molecule is CNC[C@H](CC1CCCCC1)NC(=O)N1CCC[C@@H](C(OCCNC(=O)O)c2cccc(Cl)c2F)C1. The van der Waals surface area contributed by atoms with Crippen LogP contribution < -0.4 is 16.0 Å². The number of carbonyl (C=O) groups excluding carboxylic acids is 1. The fourth-order valence-electron chi connectivity index (χ4n) is 5.54. The van der Waals surface area contributed by atoms with Crippen LogP contribution in [-0.4, -0.2) is 68.0 Å². The third-order valence-electron chi connectivity index (χ3n) is 7.26. The second kappa shape index (κ2) is 14.6. The average Bonchev–Trinajstić information content (AvgIpc) is 2.87. The lowest BCUT2D eigenvalue weighted by atomic mass is 9.85. The molecule has 36 heavy (non-hydrogen) atoms. The highest BCUT2D eigenvalue weighted by atomic mass is 35.5. The van der Waals surface area contributed by atoms with E-state index >= 15 is 0 Å². The van der Waals surface area contributed by atoms with Gasteiger partial charge in [0.05, 0.1) is 17.7 Å². The van der Waals surface area contributed by atoms with Crippen molar-refractivity contribution < 1.29 is 23.8 Å². The first kappa shape index (κ1) is 28.5. The fourth-order valence-corrected chi connectivity index (χ4v) is 5.72. The molecule has 1 aliphatic heterocycles. The van der Waals surface area contributed by atoms with Gasteiger partial charge in [-0.2, -0.15) is 0 Å². The van der Waals surface area contributed by atoms with Crippen molar-refractivity contribution in [3.63, 3.8) is 0 Å². The Morgan fingerprint density at radius 3 is 2.72 bits per heavy atom. The Morgan fingerprint density at radius 2 is 2.00 bits per heavy atom. The van der Waals surface area contributed by atoms with Gasteiger partial charge in [0, 0.05) is 43.7 Å². The molecule has 1 saturated heterocycles. The van der Waals surface area contributed by atoms with Crippen molar-refractivity contribution in [2.75, 3.05) is 39.8 Å². The topological polar surface area (TPSA) is 103 Å². The highest BCUT2D eigenvalue weighted by Gasteiger charge is 2.33. The minimum atomic E-state index is -1.14. The molecule has 202 valence electrons. The summed E-state index contributed by atoms with van der Waals surface area (Å²) < 4.78 is 21.0. The number of ether oxygens (including phenoxy) is 1. The number of urea groups is 1. The maximum atomic E-state index is 15.0. The van der Waals surface area contributed by atoms with Crippen LogP contribution >= 0.6 is 11.6 Å². The average molecular weight is 527 g/mol. The third-order valence-corrected chi connectivity index (χ3v) is 7.55. The van der Waals surface area contributed by atoms with E-state index in [0.717, 1.165) is 25.8 Å². The van der Waals surface area contributed by atoms with Gasteiger partial charge in [-0.3, -0.25) is 0 Å². The summed E-state index contributed by atoms with van der Waals surface area (Å²) in [4.78, 5) is 25.9. The van der Waals surface area contributed by atoms with Gasteiger partial charge in [-0.25, -0.2) is 14.0 Å². The van der Waals surface area contributed by atoms with Crippen LogP contribution in [0.1, 0.15) is 63.0 Å². The van der Waals surface area contributed by atoms with Crippen LogP contribution in [0.15, 0.2) is 18.2 Å². The molecule has 1 aliphatic carbocycles. The maximum absolute atomic E-state index is 15.0. The first-order chi connectivity index (χ1) is 17.4. The van der Waals surface area contributed by atoms with Gasteiger partial charge in [0.15, 0.2) is 0 Å². The van der Waals surface area contributed by atoms with Crippen molar-refractivity contribution in [1.29, 1.82) is 0 Å². The predicted octanol–water partition coefficient (Wildman–Crippen LogP) is 4.78. The van der Waals surface area contributed by atoms with E-state index in [4.69, 9.17) is 21.4 Å². The quantitative estimate of drug-likeness (QED) is 0.311. The Kier molecular flexibility index (Phi) is 11.5. The molecule has 3 atom stereocenters. The first-order valence-electron chi connectivity index (χ1n) is 13.1. The number of likely N-dealkylation sites (N-methyl/N-ethyl adjacent to an activating group) is 1. The number of carbonyl (C=O) groups is 2. The number of benzene rings is 1. The molecular weight excluding hydrogens is 487 g/mol. The van der Waals surface area contributed by atoms with Crippen molar-refractivity contribution in [3.05, 3.63) is 34.6 Å². The summed E-state index contributed by atoms with van der Waals surface area (Å²) >= 11 is 6.04. The molecule has 1 aromatic rings. The molecule has 2 fully saturated rings. The minimum absolute atomic E-state index is 0.00721. The number of likely N-dealkylation sites (tertiary alicyclic amines) is 1. The molecule has 8 nitrogen and oxygen atoms in total. The normalized spacial score (nSPS) is 20.5. The van der Waals surface area contributed by atoms with Crippen LogP contribution in [0.25, 0.3) is 0 Å². The van der Waals surface area contributed by atoms with E-state index in [1.54, 1.807) is 17.0 Å². The standard InChI is InChI=1S/C26H40ClFN4O4/c1-29-16-20(15-18-7-3-2-4-8-18)31-25(33)32-13-6-9-19(17-32)24(36-14-12-30-26(34)35)21-10-5-11-22(27)23(21)28/h5,10-11,18-20,24,29-30H,2-4,6-9,12-17H2,1H3,(H,31,33)(H,34,35)/t19-,20+,24?/m1/s1. The number of amides is 3. The van der Waals surface area contributed by atoms with Crippen molar-refractivity contribution in [1.82, 2.24) is 20.9 Å². The second-order valence-electron chi connectivity index (χ2n) is 9.96. The Hall–Kier alpha value is -2.10.